The predicted octanol–water partition coefficient (Wildman–Crippen LogP) is 3.44. The third-order valence-corrected chi connectivity index (χ3v) is 3.46. The molecule has 1 atom stereocenters. The molecule has 0 fully saturated rings. The minimum absolute atomic E-state index is 0.0811. The molecular weight excluding hydrogens is 246 g/mol. The molecule has 1 aromatic heterocycles. The highest BCUT2D eigenvalue weighted by molar-refractivity contribution is 5.48. The summed E-state index contributed by atoms with van der Waals surface area (Å²) in [6.45, 7) is 7.97. The Hall–Kier alpha value is -1.87. The van der Waals surface area contributed by atoms with Crippen LogP contribution in [0, 0.1) is 6.92 Å². The van der Waals surface area contributed by atoms with Crippen molar-refractivity contribution in [1.82, 2.24) is 4.98 Å². The fraction of sp³-hybridized carbons (Fsp3) is 0.353. The molecule has 2 aromatic rings. The Bertz CT molecular complexity index is 546. The minimum atomic E-state index is 0.0811. The van der Waals surface area contributed by atoms with Crippen molar-refractivity contribution < 1.29 is 0 Å². The molecule has 106 valence electrons. The van der Waals surface area contributed by atoms with Crippen molar-refractivity contribution in [2.24, 2.45) is 5.73 Å². The first-order chi connectivity index (χ1) is 9.60. The van der Waals surface area contributed by atoms with E-state index in [9.17, 15) is 0 Å². The zero-order chi connectivity index (χ0) is 14.5. The Labute approximate surface area is 121 Å². The number of nitrogens with two attached hydrogens (primary N) is 1. The fourth-order valence-corrected chi connectivity index (χ4v) is 2.26. The molecule has 0 unspecified atom stereocenters. The fourth-order valence-electron chi connectivity index (χ4n) is 2.26. The molecular formula is C17H23N3. The number of anilines is 1. The lowest BCUT2D eigenvalue weighted by Crippen LogP contribution is -2.22. The molecule has 0 saturated carbocycles. The van der Waals surface area contributed by atoms with Crippen LogP contribution in [0.15, 0.2) is 42.5 Å². The van der Waals surface area contributed by atoms with E-state index in [0.717, 1.165) is 24.5 Å². The Morgan fingerprint density at radius 3 is 2.40 bits per heavy atom. The van der Waals surface area contributed by atoms with Gasteiger partial charge in [0.1, 0.15) is 0 Å². The number of aryl methyl sites for hydroxylation is 1. The standard InChI is InChI=1S/C17H23N3/c1-4-20(12-16-7-5-6-13(2)19-16)17-10-8-15(9-11-17)14(3)18/h5-11,14H,4,12,18H2,1-3H3/t14-/m1/s1. The Morgan fingerprint density at radius 2 is 1.85 bits per heavy atom. The van der Waals surface area contributed by atoms with Crippen LogP contribution in [0.1, 0.15) is 36.8 Å². The van der Waals surface area contributed by atoms with Crippen LogP contribution < -0.4 is 10.6 Å². The van der Waals surface area contributed by atoms with Crippen LogP contribution in [0.4, 0.5) is 5.69 Å². The maximum Gasteiger partial charge on any atom is 0.0602 e. The van der Waals surface area contributed by atoms with Crippen molar-refractivity contribution in [2.45, 2.75) is 33.4 Å². The zero-order valence-electron chi connectivity index (χ0n) is 12.5. The van der Waals surface area contributed by atoms with Gasteiger partial charge in [0.15, 0.2) is 0 Å². The summed E-state index contributed by atoms with van der Waals surface area (Å²) in [5.74, 6) is 0. The van der Waals surface area contributed by atoms with Crippen molar-refractivity contribution >= 4 is 5.69 Å². The van der Waals surface area contributed by atoms with Crippen LogP contribution in [0.5, 0.6) is 0 Å². The average molecular weight is 269 g/mol. The molecule has 1 heterocycles. The second kappa shape index (κ2) is 6.53. The van der Waals surface area contributed by atoms with E-state index < -0.39 is 0 Å². The van der Waals surface area contributed by atoms with Crippen LogP contribution in [-0.4, -0.2) is 11.5 Å². The Morgan fingerprint density at radius 1 is 1.15 bits per heavy atom. The molecule has 0 saturated heterocycles. The average Bonchev–Trinajstić information content (AvgIpc) is 2.45. The summed E-state index contributed by atoms with van der Waals surface area (Å²) in [5, 5.41) is 0. The normalized spacial score (nSPS) is 12.2. The Kier molecular flexibility index (Phi) is 4.74. The van der Waals surface area contributed by atoms with Gasteiger partial charge in [-0.25, -0.2) is 0 Å². The number of nitrogens with zero attached hydrogens (tertiary/aromatic N) is 2. The van der Waals surface area contributed by atoms with Gasteiger partial charge in [-0.3, -0.25) is 4.98 Å². The first-order valence-corrected chi connectivity index (χ1v) is 7.13. The molecule has 0 aliphatic rings. The van der Waals surface area contributed by atoms with Crippen LogP contribution in [0.3, 0.4) is 0 Å². The van der Waals surface area contributed by atoms with Gasteiger partial charge in [-0.15, -0.1) is 0 Å². The second-order valence-electron chi connectivity index (χ2n) is 5.16. The predicted molar refractivity (Wildman–Crippen MR) is 84.7 cm³/mol. The summed E-state index contributed by atoms with van der Waals surface area (Å²) in [4.78, 5) is 6.88. The summed E-state index contributed by atoms with van der Waals surface area (Å²) in [6, 6.07) is 14.7. The number of hydrogen-bond donors (Lipinski definition) is 1. The monoisotopic (exact) mass is 269 g/mol. The molecule has 3 heteroatoms. The van der Waals surface area contributed by atoms with Crippen molar-refractivity contribution in [3.8, 4) is 0 Å². The van der Waals surface area contributed by atoms with E-state index in [4.69, 9.17) is 5.73 Å². The number of pyridine rings is 1. The van der Waals surface area contributed by atoms with Gasteiger partial charge in [0.05, 0.1) is 12.2 Å². The lowest BCUT2D eigenvalue weighted by atomic mass is 10.1. The van der Waals surface area contributed by atoms with Crippen molar-refractivity contribution in [3.63, 3.8) is 0 Å². The molecule has 0 aliphatic carbocycles. The maximum absolute atomic E-state index is 5.89. The van der Waals surface area contributed by atoms with Gasteiger partial charge in [0, 0.05) is 24.0 Å². The number of rotatable bonds is 5. The summed E-state index contributed by atoms with van der Waals surface area (Å²) in [5.41, 5.74) is 10.4. The third kappa shape index (κ3) is 3.58. The molecule has 1 aromatic carbocycles. The summed E-state index contributed by atoms with van der Waals surface area (Å²) >= 11 is 0. The van der Waals surface area contributed by atoms with Gasteiger partial charge in [-0.2, -0.15) is 0 Å². The number of hydrogen-bond acceptors (Lipinski definition) is 3. The number of aromatic nitrogens is 1. The summed E-state index contributed by atoms with van der Waals surface area (Å²) in [6.07, 6.45) is 0. The highest BCUT2D eigenvalue weighted by atomic mass is 15.1. The van der Waals surface area contributed by atoms with Gasteiger partial charge in [-0.1, -0.05) is 18.2 Å². The van der Waals surface area contributed by atoms with Gasteiger partial charge in [0.25, 0.3) is 0 Å². The van der Waals surface area contributed by atoms with E-state index in [1.54, 1.807) is 0 Å². The van der Waals surface area contributed by atoms with E-state index in [1.165, 1.54) is 11.3 Å². The first-order valence-electron chi connectivity index (χ1n) is 7.13. The van der Waals surface area contributed by atoms with E-state index in [0.29, 0.717) is 0 Å². The molecule has 3 nitrogen and oxygen atoms in total. The smallest absolute Gasteiger partial charge is 0.0602 e. The van der Waals surface area contributed by atoms with Crippen LogP contribution in [0.25, 0.3) is 0 Å². The lowest BCUT2D eigenvalue weighted by molar-refractivity contribution is 0.798. The van der Waals surface area contributed by atoms with Gasteiger partial charge in [0.2, 0.25) is 0 Å². The van der Waals surface area contributed by atoms with Gasteiger partial charge >= 0.3 is 0 Å². The van der Waals surface area contributed by atoms with Crippen LogP contribution >= 0.6 is 0 Å². The van der Waals surface area contributed by atoms with Crippen LogP contribution in [-0.2, 0) is 6.54 Å². The third-order valence-electron chi connectivity index (χ3n) is 3.46. The number of benzene rings is 1. The largest absolute Gasteiger partial charge is 0.366 e. The quantitative estimate of drug-likeness (QED) is 0.904. The molecule has 0 bridgehead atoms. The molecule has 0 spiro atoms. The molecule has 20 heavy (non-hydrogen) atoms. The maximum atomic E-state index is 5.89. The molecule has 0 amide bonds. The molecule has 0 aliphatic heterocycles. The van der Waals surface area contributed by atoms with Crippen molar-refractivity contribution in [1.29, 1.82) is 0 Å². The first kappa shape index (κ1) is 14.5. The minimum Gasteiger partial charge on any atom is -0.366 e. The highest BCUT2D eigenvalue weighted by Gasteiger charge is 2.07. The molecule has 2 N–H and O–H groups in total. The topological polar surface area (TPSA) is 42.2 Å². The molecule has 0 radical (unpaired) electrons. The zero-order valence-corrected chi connectivity index (χ0v) is 12.5. The van der Waals surface area contributed by atoms with Crippen LogP contribution in [0.2, 0.25) is 0 Å². The van der Waals surface area contributed by atoms with E-state index in [1.807, 2.05) is 19.9 Å². The summed E-state index contributed by atoms with van der Waals surface area (Å²) < 4.78 is 0. The van der Waals surface area contributed by atoms with Crippen molar-refractivity contribution in [3.05, 3.63) is 59.4 Å². The van der Waals surface area contributed by atoms with Gasteiger partial charge < -0.3 is 10.6 Å². The molecule has 2 rings (SSSR count). The SMILES string of the molecule is CCN(Cc1cccc(C)n1)c1ccc([C@@H](C)N)cc1. The lowest BCUT2D eigenvalue weighted by Gasteiger charge is -2.23. The highest BCUT2D eigenvalue weighted by Crippen LogP contribution is 2.19. The van der Waals surface area contributed by atoms with Gasteiger partial charge in [-0.05, 0) is 50.6 Å². The Balaban J connectivity index is 2.15. The van der Waals surface area contributed by atoms with Crippen molar-refractivity contribution in [2.75, 3.05) is 11.4 Å². The van der Waals surface area contributed by atoms with E-state index in [-0.39, 0.29) is 6.04 Å². The summed E-state index contributed by atoms with van der Waals surface area (Å²) in [7, 11) is 0. The second-order valence-corrected chi connectivity index (χ2v) is 5.16. The van der Waals surface area contributed by atoms with E-state index >= 15 is 0 Å². The van der Waals surface area contributed by atoms with E-state index in [2.05, 4.69) is 53.2 Å².